The van der Waals surface area contributed by atoms with Crippen molar-refractivity contribution in [3.05, 3.63) is 52.2 Å². The normalized spacial score (nSPS) is 16.1. The number of hydrogen-bond acceptors (Lipinski definition) is 5. The number of nitrogens with one attached hydrogen (secondary N) is 2. The van der Waals surface area contributed by atoms with Crippen LogP contribution in [0.3, 0.4) is 0 Å². The van der Waals surface area contributed by atoms with Gasteiger partial charge in [0.25, 0.3) is 5.91 Å². The van der Waals surface area contributed by atoms with Crippen molar-refractivity contribution in [2.75, 3.05) is 13.1 Å². The lowest BCUT2D eigenvalue weighted by molar-refractivity contribution is -0.124. The van der Waals surface area contributed by atoms with Crippen LogP contribution in [0.4, 0.5) is 0 Å². The third kappa shape index (κ3) is 5.93. The zero-order valence-electron chi connectivity index (χ0n) is 17.8. The van der Waals surface area contributed by atoms with Crippen LogP contribution in [0.25, 0.3) is 0 Å². The second kappa shape index (κ2) is 10.4. The molecule has 1 aliphatic heterocycles. The van der Waals surface area contributed by atoms with Crippen molar-refractivity contribution in [3.63, 3.8) is 0 Å². The highest BCUT2D eigenvalue weighted by Gasteiger charge is 2.27. The monoisotopic (exact) mass is 463 g/mol. The SMILES string of the molecule is CC(C)C(NC(=O)c1cccs1)C(=O)NCc1cccc(S(=O)(=O)N2CCCCC2)c1. The van der Waals surface area contributed by atoms with E-state index in [4.69, 9.17) is 0 Å². The fourth-order valence-electron chi connectivity index (χ4n) is 3.52. The number of benzene rings is 1. The van der Waals surface area contributed by atoms with Crippen molar-refractivity contribution >= 4 is 33.2 Å². The van der Waals surface area contributed by atoms with Gasteiger partial charge < -0.3 is 10.6 Å². The first-order valence-corrected chi connectivity index (χ1v) is 12.8. The quantitative estimate of drug-likeness (QED) is 0.629. The summed E-state index contributed by atoms with van der Waals surface area (Å²) in [4.78, 5) is 25.9. The van der Waals surface area contributed by atoms with Crippen molar-refractivity contribution < 1.29 is 18.0 Å². The van der Waals surface area contributed by atoms with Gasteiger partial charge in [-0.25, -0.2) is 8.42 Å². The minimum atomic E-state index is -3.53. The molecule has 2 heterocycles. The lowest BCUT2D eigenvalue weighted by Gasteiger charge is -2.26. The number of hydrogen-bond donors (Lipinski definition) is 2. The lowest BCUT2D eigenvalue weighted by Crippen LogP contribution is -2.49. The Labute approximate surface area is 187 Å². The highest BCUT2D eigenvalue weighted by molar-refractivity contribution is 7.89. The Kier molecular flexibility index (Phi) is 7.85. The smallest absolute Gasteiger partial charge is 0.262 e. The fraction of sp³-hybridized carbons (Fsp3) is 0.455. The summed E-state index contributed by atoms with van der Waals surface area (Å²) in [7, 11) is -3.53. The number of amides is 2. The average Bonchev–Trinajstić information content (AvgIpc) is 3.31. The molecule has 0 aliphatic carbocycles. The topological polar surface area (TPSA) is 95.6 Å². The third-order valence-electron chi connectivity index (χ3n) is 5.30. The number of nitrogens with zero attached hydrogens (tertiary/aromatic N) is 1. The van der Waals surface area contributed by atoms with Crippen LogP contribution in [0.5, 0.6) is 0 Å². The van der Waals surface area contributed by atoms with Crippen molar-refractivity contribution in [2.24, 2.45) is 5.92 Å². The number of rotatable bonds is 8. The summed E-state index contributed by atoms with van der Waals surface area (Å²) in [5.74, 6) is -0.683. The molecule has 7 nitrogen and oxygen atoms in total. The molecule has 0 spiro atoms. The summed E-state index contributed by atoms with van der Waals surface area (Å²) in [5, 5.41) is 7.43. The Bertz CT molecular complexity index is 998. The summed E-state index contributed by atoms with van der Waals surface area (Å²) in [5.41, 5.74) is 0.693. The summed E-state index contributed by atoms with van der Waals surface area (Å²) < 4.78 is 27.3. The van der Waals surface area contributed by atoms with E-state index in [9.17, 15) is 18.0 Å². The van der Waals surface area contributed by atoms with Crippen molar-refractivity contribution in [1.29, 1.82) is 0 Å². The minimum Gasteiger partial charge on any atom is -0.350 e. The molecule has 0 radical (unpaired) electrons. The van der Waals surface area contributed by atoms with E-state index in [-0.39, 0.29) is 29.2 Å². The average molecular weight is 464 g/mol. The van der Waals surface area contributed by atoms with Crippen LogP contribution in [-0.4, -0.2) is 43.7 Å². The Morgan fingerprint density at radius 1 is 1.10 bits per heavy atom. The van der Waals surface area contributed by atoms with E-state index >= 15 is 0 Å². The largest absolute Gasteiger partial charge is 0.350 e. The Hall–Kier alpha value is -2.23. The molecular weight excluding hydrogens is 434 g/mol. The zero-order valence-corrected chi connectivity index (χ0v) is 19.5. The van der Waals surface area contributed by atoms with Crippen LogP contribution in [0.15, 0.2) is 46.7 Å². The van der Waals surface area contributed by atoms with Crippen LogP contribution < -0.4 is 10.6 Å². The highest BCUT2D eigenvalue weighted by atomic mass is 32.2. The second-order valence-corrected chi connectivity index (χ2v) is 10.9. The fourth-order valence-corrected chi connectivity index (χ4v) is 5.74. The molecule has 0 saturated carbocycles. The summed E-state index contributed by atoms with van der Waals surface area (Å²) in [6, 6.07) is 9.49. The number of carbonyl (C=O) groups excluding carboxylic acids is 2. The van der Waals surface area contributed by atoms with Crippen molar-refractivity contribution in [2.45, 2.75) is 50.6 Å². The third-order valence-corrected chi connectivity index (χ3v) is 8.06. The van der Waals surface area contributed by atoms with E-state index in [0.29, 0.717) is 23.5 Å². The first-order valence-electron chi connectivity index (χ1n) is 10.5. The maximum Gasteiger partial charge on any atom is 0.262 e. The van der Waals surface area contributed by atoms with E-state index in [0.717, 1.165) is 19.3 Å². The number of sulfonamides is 1. The summed E-state index contributed by atoms with van der Waals surface area (Å²) >= 11 is 1.32. The maximum atomic E-state index is 12.9. The van der Waals surface area contributed by atoms with Crippen molar-refractivity contribution in [3.8, 4) is 0 Å². The number of carbonyl (C=O) groups is 2. The molecule has 2 N–H and O–H groups in total. The van der Waals surface area contributed by atoms with Crippen LogP contribution in [0, 0.1) is 5.92 Å². The van der Waals surface area contributed by atoms with E-state index in [1.165, 1.54) is 15.6 Å². The van der Waals surface area contributed by atoms with Gasteiger partial charge in [-0.05, 0) is 47.9 Å². The maximum absolute atomic E-state index is 12.9. The number of piperidine rings is 1. The first-order chi connectivity index (χ1) is 14.8. The molecule has 1 fully saturated rings. The van der Waals surface area contributed by atoms with Crippen LogP contribution in [0.2, 0.25) is 0 Å². The molecule has 3 rings (SSSR count). The molecular formula is C22H29N3O4S2. The Morgan fingerprint density at radius 3 is 2.48 bits per heavy atom. The highest BCUT2D eigenvalue weighted by Crippen LogP contribution is 2.21. The molecule has 2 aromatic rings. The van der Waals surface area contributed by atoms with Gasteiger partial charge >= 0.3 is 0 Å². The van der Waals surface area contributed by atoms with Gasteiger partial charge in [0.15, 0.2) is 0 Å². The van der Waals surface area contributed by atoms with Crippen molar-refractivity contribution in [1.82, 2.24) is 14.9 Å². The van der Waals surface area contributed by atoms with Gasteiger partial charge in [-0.15, -0.1) is 11.3 Å². The van der Waals surface area contributed by atoms with Gasteiger partial charge in [0.2, 0.25) is 15.9 Å². The molecule has 1 unspecified atom stereocenters. The molecule has 1 atom stereocenters. The zero-order chi connectivity index (χ0) is 22.4. The molecule has 1 aliphatic rings. The van der Waals surface area contributed by atoms with Gasteiger partial charge in [-0.1, -0.05) is 38.5 Å². The molecule has 1 aromatic carbocycles. The van der Waals surface area contributed by atoms with Gasteiger partial charge in [0.1, 0.15) is 6.04 Å². The van der Waals surface area contributed by atoms with Crippen LogP contribution in [0.1, 0.15) is 48.3 Å². The molecule has 1 saturated heterocycles. The van der Waals surface area contributed by atoms with Gasteiger partial charge in [0.05, 0.1) is 9.77 Å². The predicted octanol–water partition coefficient (Wildman–Crippen LogP) is 2.99. The van der Waals surface area contributed by atoms with Gasteiger partial charge in [0, 0.05) is 19.6 Å². The summed E-state index contributed by atoms with van der Waals surface area (Å²) in [6.45, 7) is 5.00. The van der Waals surface area contributed by atoms with E-state index in [1.54, 1.807) is 36.4 Å². The minimum absolute atomic E-state index is 0.102. The number of thiophene rings is 1. The Balaban J connectivity index is 1.65. The predicted molar refractivity (Wildman–Crippen MR) is 121 cm³/mol. The molecule has 0 bridgehead atoms. The van der Waals surface area contributed by atoms with Crippen LogP contribution in [-0.2, 0) is 21.4 Å². The molecule has 9 heteroatoms. The lowest BCUT2D eigenvalue weighted by atomic mass is 10.0. The Morgan fingerprint density at radius 2 is 1.84 bits per heavy atom. The van der Waals surface area contributed by atoms with Crippen LogP contribution >= 0.6 is 11.3 Å². The van der Waals surface area contributed by atoms with Gasteiger partial charge in [-0.2, -0.15) is 4.31 Å². The second-order valence-electron chi connectivity index (χ2n) is 8.00. The molecule has 1 aromatic heterocycles. The molecule has 31 heavy (non-hydrogen) atoms. The standard InChI is InChI=1S/C22H29N3O4S2/c1-16(2)20(24-21(26)19-10-7-13-30-19)22(27)23-15-17-8-6-9-18(14-17)31(28,29)25-11-4-3-5-12-25/h6-10,13-14,16,20H,3-5,11-12,15H2,1-2H3,(H,23,27)(H,24,26). The molecule has 168 valence electrons. The van der Waals surface area contributed by atoms with E-state index < -0.39 is 16.1 Å². The summed E-state index contributed by atoms with van der Waals surface area (Å²) in [6.07, 6.45) is 2.81. The first kappa shape index (κ1) is 23.4. The van der Waals surface area contributed by atoms with Gasteiger partial charge in [-0.3, -0.25) is 9.59 Å². The molecule has 2 amide bonds. The van der Waals surface area contributed by atoms with E-state index in [1.807, 2.05) is 19.2 Å². The van der Waals surface area contributed by atoms with E-state index in [2.05, 4.69) is 10.6 Å².